The Kier molecular flexibility index (Phi) is 5.58. The Labute approximate surface area is 164 Å². The first-order valence-electron chi connectivity index (χ1n) is 7.84. The number of anilines is 1. The topological polar surface area (TPSA) is 92.1 Å². The van der Waals surface area contributed by atoms with Gasteiger partial charge in [0.05, 0.1) is 16.8 Å². The highest BCUT2D eigenvalue weighted by atomic mass is 35.5. The number of halogens is 1. The quantitative estimate of drug-likeness (QED) is 0.519. The molecule has 1 heterocycles. The summed E-state index contributed by atoms with van der Waals surface area (Å²) in [5.74, 6) is -0.321. The first kappa shape index (κ1) is 18.7. The lowest BCUT2D eigenvalue weighted by Gasteiger charge is -2.07. The van der Waals surface area contributed by atoms with Crippen LogP contribution >= 0.6 is 23.8 Å². The first-order chi connectivity index (χ1) is 13.0. The summed E-state index contributed by atoms with van der Waals surface area (Å²) in [6.07, 6.45) is 1.47. The number of carbonyl (C=O) groups is 1. The SMILES string of the molecule is Cc1n[nH]c(=S)n(/N=C\c2cccc(NC(=O)c3ccccc3Cl)c2)c1=O. The maximum Gasteiger partial charge on any atom is 0.296 e. The van der Waals surface area contributed by atoms with Crippen LogP contribution in [0.15, 0.2) is 58.4 Å². The number of rotatable bonds is 4. The third kappa shape index (κ3) is 4.36. The molecule has 0 spiro atoms. The minimum Gasteiger partial charge on any atom is -0.322 e. The fourth-order valence-electron chi connectivity index (χ4n) is 2.24. The zero-order valence-corrected chi connectivity index (χ0v) is 15.7. The van der Waals surface area contributed by atoms with Gasteiger partial charge < -0.3 is 5.32 Å². The monoisotopic (exact) mass is 399 g/mol. The average Bonchev–Trinajstić information content (AvgIpc) is 2.65. The predicted octanol–water partition coefficient (Wildman–Crippen LogP) is 3.40. The molecule has 0 aliphatic heterocycles. The number of nitrogens with one attached hydrogen (secondary N) is 2. The van der Waals surface area contributed by atoms with E-state index in [1.54, 1.807) is 55.5 Å². The number of aryl methyl sites for hydroxylation is 1. The van der Waals surface area contributed by atoms with Gasteiger partial charge in [-0.3, -0.25) is 14.7 Å². The number of hydrogen-bond donors (Lipinski definition) is 2. The number of aromatic nitrogens is 3. The van der Waals surface area contributed by atoms with Crippen molar-refractivity contribution in [1.29, 1.82) is 0 Å². The summed E-state index contributed by atoms with van der Waals surface area (Å²) in [5.41, 5.74) is 1.46. The van der Waals surface area contributed by atoms with E-state index < -0.39 is 5.56 Å². The van der Waals surface area contributed by atoms with Crippen molar-refractivity contribution in [2.75, 3.05) is 5.32 Å². The molecule has 1 amide bonds. The molecular formula is C18H14ClN5O2S. The summed E-state index contributed by atoms with van der Waals surface area (Å²) in [6.45, 7) is 1.56. The maximum atomic E-state index is 12.4. The molecule has 2 N–H and O–H groups in total. The summed E-state index contributed by atoms with van der Waals surface area (Å²) in [5, 5.41) is 13.6. The fraction of sp³-hybridized carbons (Fsp3) is 0.0556. The molecule has 0 unspecified atom stereocenters. The molecule has 1 aromatic heterocycles. The number of benzene rings is 2. The van der Waals surface area contributed by atoms with Gasteiger partial charge in [-0.15, -0.1) is 0 Å². The van der Waals surface area contributed by atoms with Crippen molar-refractivity contribution in [3.63, 3.8) is 0 Å². The molecule has 3 rings (SSSR count). The smallest absolute Gasteiger partial charge is 0.296 e. The lowest BCUT2D eigenvalue weighted by Crippen LogP contribution is -2.22. The van der Waals surface area contributed by atoms with Crippen LogP contribution in [0.1, 0.15) is 21.6 Å². The third-order valence-electron chi connectivity index (χ3n) is 3.60. The van der Waals surface area contributed by atoms with Crippen molar-refractivity contribution in [2.24, 2.45) is 5.10 Å². The number of nitrogens with zero attached hydrogens (tertiary/aromatic N) is 3. The Bertz CT molecular complexity index is 1150. The van der Waals surface area contributed by atoms with Crippen LogP contribution in [-0.4, -0.2) is 27.0 Å². The normalized spacial score (nSPS) is 10.9. The van der Waals surface area contributed by atoms with Gasteiger partial charge in [-0.25, -0.2) is 0 Å². The van der Waals surface area contributed by atoms with Crippen molar-refractivity contribution in [3.05, 3.63) is 85.5 Å². The van der Waals surface area contributed by atoms with E-state index in [9.17, 15) is 9.59 Å². The Morgan fingerprint density at radius 2 is 2.07 bits per heavy atom. The summed E-state index contributed by atoms with van der Waals surface area (Å²) in [4.78, 5) is 24.4. The van der Waals surface area contributed by atoms with Crippen LogP contribution in [0.2, 0.25) is 5.02 Å². The Morgan fingerprint density at radius 3 is 2.85 bits per heavy atom. The number of carbonyl (C=O) groups excluding carboxylic acids is 1. The number of aromatic amines is 1. The molecule has 0 saturated heterocycles. The zero-order chi connectivity index (χ0) is 19.4. The van der Waals surface area contributed by atoms with E-state index in [0.717, 1.165) is 4.68 Å². The number of hydrogen-bond acceptors (Lipinski definition) is 5. The lowest BCUT2D eigenvalue weighted by atomic mass is 10.2. The van der Waals surface area contributed by atoms with Gasteiger partial charge in [0.1, 0.15) is 5.69 Å². The van der Waals surface area contributed by atoms with E-state index in [2.05, 4.69) is 20.6 Å². The van der Waals surface area contributed by atoms with Gasteiger partial charge in [-0.1, -0.05) is 35.9 Å². The maximum absolute atomic E-state index is 12.4. The van der Waals surface area contributed by atoms with Gasteiger partial charge in [0.25, 0.3) is 11.5 Å². The van der Waals surface area contributed by atoms with Gasteiger partial charge in [0, 0.05) is 5.69 Å². The summed E-state index contributed by atoms with van der Waals surface area (Å²) < 4.78 is 1.14. The first-order valence-corrected chi connectivity index (χ1v) is 8.63. The molecule has 0 saturated carbocycles. The van der Waals surface area contributed by atoms with E-state index >= 15 is 0 Å². The van der Waals surface area contributed by atoms with Gasteiger partial charge in [-0.05, 0) is 49.0 Å². The van der Waals surface area contributed by atoms with Gasteiger partial charge in [0.2, 0.25) is 4.77 Å². The summed E-state index contributed by atoms with van der Waals surface area (Å²) in [6, 6.07) is 13.8. The minimum absolute atomic E-state index is 0.0880. The third-order valence-corrected chi connectivity index (χ3v) is 4.19. The molecule has 0 aliphatic rings. The molecular weight excluding hydrogens is 386 g/mol. The van der Waals surface area contributed by atoms with Crippen LogP contribution in [0.4, 0.5) is 5.69 Å². The standard InChI is InChI=1S/C18H14ClN5O2S/c1-11-17(26)24(18(27)23-22-11)20-10-12-5-4-6-13(9-12)21-16(25)14-7-2-3-8-15(14)19/h2-10H,1H3,(H,21,25)(H,23,27)/b20-10-. The minimum atomic E-state index is -0.404. The van der Waals surface area contributed by atoms with E-state index in [1.807, 2.05) is 0 Å². The van der Waals surface area contributed by atoms with Crippen LogP contribution in [0, 0.1) is 11.7 Å². The Morgan fingerprint density at radius 1 is 1.30 bits per heavy atom. The second-order valence-corrected chi connectivity index (χ2v) is 6.33. The zero-order valence-electron chi connectivity index (χ0n) is 14.1. The molecule has 9 heteroatoms. The molecule has 3 aromatic rings. The molecule has 136 valence electrons. The molecule has 0 radical (unpaired) electrons. The molecule has 0 atom stereocenters. The van der Waals surface area contributed by atoms with E-state index in [0.29, 0.717) is 21.8 Å². The van der Waals surface area contributed by atoms with E-state index in [1.165, 1.54) is 6.21 Å². The Hall–Kier alpha value is -3.10. The van der Waals surface area contributed by atoms with Crippen LogP contribution in [0.25, 0.3) is 0 Å². The second kappa shape index (κ2) is 8.07. The average molecular weight is 400 g/mol. The van der Waals surface area contributed by atoms with Crippen LogP contribution < -0.4 is 10.9 Å². The Balaban J connectivity index is 1.84. The largest absolute Gasteiger partial charge is 0.322 e. The van der Waals surface area contributed by atoms with Crippen LogP contribution in [0.3, 0.4) is 0 Å². The summed E-state index contributed by atoms with van der Waals surface area (Å²) in [7, 11) is 0. The number of H-pyrrole nitrogens is 1. The van der Waals surface area contributed by atoms with Crippen molar-refractivity contribution in [3.8, 4) is 0 Å². The predicted molar refractivity (Wildman–Crippen MR) is 107 cm³/mol. The lowest BCUT2D eigenvalue weighted by molar-refractivity contribution is 0.102. The van der Waals surface area contributed by atoms with Crippen LogP contribution in [-0.2, 0) is 0 Å². The van der Waals surface area contributed by atoms with Crippen molar-refractivity contribution in [1.82, 2.24) is 14.9 Å². The molecule has 27 heavy (non-hydrogen) atoms. The number of amides is 1. The van der Waals surface area contributed by atoms with Crippen LogP contribution in [0.5, 0.6) is 0 Å². The van der Waals surface area contributed by atoms with Gasteiger partial charge >= 0.3 is 0 Å². The molecule has 2 aromatic carbocycles. The molecule has 0 bridgehead atoms. The molecule has 0 aliphatic carbocycles. The van der Waals surface area contributed by atoms with E-state index in [-0.39, 0.29) is 16.4 Å². The molecule has 0 fully saturated rings. The highest BCUT2D eigenvalue weighted by Crippen LogP contribution is 2.17. The van der Waals surface area contributed by atoms with E-state index in [4.69, 9.17) is 23.8 Å². The van der Waals surface area contributed by atoms with Crippen molar-refractivity contribution < 1.29 is 4.79 Å². The summed E-state index contributed by atoms with van der Waals surface area (Å²) >= 11 is 11.1. The van der Waals surface area contributed by atoms with Gasteiger partial charge in [0.15, 0.2) is 0 Å². The molecule has 7 nitrogen and oxygen atoms in total. The highest BCUT2D eigenvalue weighted by Gasteiger charge is 2.09. The highest BCUT2D eigenvalue weighted by molar-refractivity contribution is 7.71. The van der Waals surface area contributed by atoms with Crippen molar-refractivity contribution in [2.45, 2.75) is 6.92 Å². The fourth-order valence-corrected chi connectivity index (χ4v) is 2.64. The second-order valence-electron chi connectivity index (χ2n) is 5.54. The van der Waals surface area contributed by atoms with Crippen molar-refractivity contribution >= 4 is 41.6 Å². The van der Waals surface area contributed by atoms with Gasteiger partial charge in [-0.2, -0.15) is 14.9 Å².